The first-order valence-electron chi connectivity index (χ1n) is 13.5. The number of fused-ring (bicyclic) bond motifs is 3. The van der Waals surface area contributed by atoms with E-state index in [4.69, 9.17) is 4.98 Å². The van der Waals surface area contributed by atoms with Crippen molar-refractivity contribution in [3.63, 3.8) is 0 Å². The molecule has 0 aliphatic carbocycles. The van der Waals surface area contributed by atoms with Crippen LogP contribution >= 0.6 is 0 Å². The zero-order valence-electron chi connectivity index (χ0n) is 23.0. The van der Waals surface area contributed by atoms with Gasteiger partial charge in [0, 0.05) is 48.7 Å². The van der Waals surface area contributed by atoms with Crippen molar-refractivity contribution in [3.05, 3.63) is 69.6 Å². The SMILES string of the molecule is CCCN(CCC)c1ccc(-c2cc3c(cc2CC)-c2cc(=O)c(C(=O)O)cn2C(C(C)(C)C)C3)cn1. The van der Waals surface area contributed by atoms with Gasteiger partial charge in [-0.3, -0.25) is 4.79 Å². The molecule has 3 heterocycles. The number of carbonyl (C=O) groups is 1. The van der Waals surface area contributed by atoms with E-state index in [0.717, 1.165) is 61.4 Å². The summed E-state index contributed by atoms with van der Waals surface area (Å²) in [7, 11) is 0. The number of rotatable bonds is 8. The van der Waals surface area contributed by atoms with Gasteiger partial charge in [0.2, 0.25) is 0 Å². The third-order valence-corrected chi connectivity index (χ3v) is 7.41. The van der Waals surface area contributed by atoms with Gasteiger partial charge in [-0.05, 0) is 66.0 Å². The number of anilines is 1. The molecular formula is C31H39N3O3. The number of nitrogens with zero attached hydrogens (tertiary/aromatic N) is 3. The number of aromatic nitrogens is 2. The molecule has 0 fully saturated rings. The monoisotopic (exact) mass is 501 g/mol. The molecule has 0 radical (unpaired) electrons. The first-order chi connectivity index (χ1) is 17.6. The summed E-state index contributed by atoms with van der Waals surface area (Å²) in [6.45, 7) is 15.0. The van der Waals surface area contributed by atoms with E-state index in [9.17, 15) is 14.7 Å². The minimum absolute atomic E-state index is 0.0196. The minimum atomic E-state index is -1.18. The number of hydrogen-bond donors (Lipinski definition) is 1. The number of benzene rings is 1. The molecule has 1 N–H and O–H groups in total. The van der Waals surface area contributed by atoms with Crippen LogP contribution in [0.25, 0.3) is 22.4 Å². The fraction of sp³-hybridized carbons (Fsp3) is 0.452. The van der Waals surface area contributed by atoms with E-state index < -0.39 is 11.4 Å². The van der Waals surface area contributed by atoms with E-state index in [1.54, 1.807) is 6.20 Å². The molecule has 196 valence electrons. The highest BCUT2D eigenvalue weighted by Gasteiger charge is 2.34. The summed E-state index contributed by atoms with van der Waals surface area (Å²) in [5.74, 6) is -0.172. The Bertz CT molecular complexity index is 1340. The molecule has 0 spiro atoms. The fourth-order valence-electron chi connectivity index (χ4n) is 5.49. The van der Waals surface area contributed by atoms with Crippen LogP contribution in [0.15, 0.2) is 47.5 Å². The second kappa shape index (κ2) is 10.5. The molecular weight excluding hydrogens is 462 g/mol. The summed E-state index contributed by atoms with van der Waals surface area (Å²) >= 11 is 0. The van der Waals surface area contributed by atoms with Crippen molar-refractivity contribution in [2.45, 2.75) is 73.3 Å². The summed E-state index contributed by atoms with van der Waals surface area (Å²) in [4.78, 5) is 31.6. The summed E-state index contributed by atoms with van der Waals surface area (Å²) in [6.07, 6.45) is 7.29. The molecule has 1 unspecified atom stereocenters. The minimum Gasteiger partial charge on any atom is -0.477 e. The molecule has 1 aliphatic rings. The fourth-order valence-corrected chi connectivity index (χ4v) is 5.49. The maximum atomic E-state index is 12.7. The van der Waals surface area contributed by atoms with Crippen LogP contribution in [0.4, 0.5) is 5.82 Å². The summed E-state index contributed by atoms with van der Waals surface area (Å²) in [5, 5.41) is 9.59. The van der Waals surface area contributed by atoms with Gasteiger partial charge in [-0.15, -0.1) is 0 Å². The number of aryl methyl sites for hydroxylation is 1. The van der Waals surface area contributed by atoms with Crippen molar-refractivity contribution >= 4 is 11.8 Å². The first kappa shape index (κ1) is 26.6. The molecule has 0 saturated carbocycles. The summed E-state index contributed by atoms with van der Waals surface area (Å²) in [6, 6.07) is 10.3. The zero-order valence-corrected chi connectivity index (χ0v) is 23.0. The largest absolute Gasteiger partial charge is 0.477 e. The Morgan fingerprint density at radius 2 is 1.78 bits per heavy atom. The molecule has 1 aliphatic heterocycles. The molecule has 37 heavy (non-hydrogen) atoms. The molecule has 1 atom stereocenters. The highest BCUT2D eigenvalue weighted by molar-refractivity contribution is 5.88. The second-order valence-electron chi connectivity index (χ2n) is 11.1. The summed E-state index contributed by atoms with van der Waals surface area (Å²) in [5.41, 5.74) is 5.66. The van der Waals surface area contributed by atoms with E-state index in [1.807, 2.05) is 10.8 Å². The van der Waals surface area contributed by atoms with Gasteiger partial charge in [-0.2, -0.15) is 0 Å². The molecule has 0 saturated heterocycles. The zero-order chi connectivity index (χ0) is 26.9. The lowest BCUT2D eigenvalue weighted by atomic mass is 9.77. The van der Waals surface area contributed by atoms with Crippen LogP contribution in [0.2, 0.25) is 0 Å². The van der Waals surface area contributed by atoms with Gasteiger partial charge in [0.15, 0.2) is 5.43 Å². The topological polar surface area (TPSA) is 75.4 Å². The normalized spacial score (nSPS) is 14.7. The molecule has 3 aromatic rings. The van der Waals surface area contributed by atoms with Crippen LogP contribution in [-0.4, -0.2) is 33.7 Å². The Hall–Kier alpha value is -3.41. The average molecular weight is 502 g/mol. The van der Waals surface area contributed by atoms with Crippen molar-refractivity contribution in [1.82, 2.24) is 9.55 Å². The Morgan fingerprint density at radius 1 is 1.08 bits per heavy atom. The lowest BCUT2D eigenvalue weighted by molar-refractivity contribution is 0.0693. The van der Waals surface area contributed by atoms with Gasteiger partial charge < -0.3 is 14.6 Å². The van der Waals surface area contributed by atoms with E-state index in [-0.39, 0.29) is 17.0 Å². The molecule has 2 aromatic heterocycles. The van der Waals surface area contributed by atoms with Crippen LogP contribution in [0.5, 0.6) is 0 Å². The number of hydrogen-bond acceptors (Lipinski definition) is 4. The van der Waals surface area contributed by atoms with Crippen molar-refractivity contribution in [1.29, 1.82) is 0 Å². The standard InChI is InChI=1S/C31H39N3O3/c1-7-12-33(13-8-2)29-11-10-21(18-32-29)23-15-22-16-28(31(4,5)6)34-19-25(30(36)37)27(35)17-26(34)24(22)14-20(23)9-3/h10-11,14-15,17-19,28H,7-9,12-13,16H2,1-6H3,(H,36,37). The quantitative estimate of drug-likeness (QED) is 0.376. The Labute approximate surface area is 220 Å². The van der Waals surface area contributed by atoms with Crippen LogP contribution in [0, 0.1) is 5.41 Å². The third-order valence-electron chi connectivity index (χ3n) is 7.41. The number of carboxylic acids is 1. The lowest BCUT2D eigenvalue weighted by Gasteiger charge is -2.39. The predicted molar refractivity (Wildman–Crippen MR) is 151 cm³/mol. The lowest BCUT2D eigenvalue weighted by Crippen LogP contribution is -2.33. The van der Waals surface area contributed by atoms with Gasteiger partial charge in [0.25, 0.3) is 0 Å². The van der Waals surface area contributed by atoms with Crippen LogP contribution in [0.1, 0.15) is 81.9 Å². The van der Waals surface area contributed by atoms with Gasteiger partial charge in [-0.1, -0.05) is 47.6 Å². The molecule has 6 nitrogen and oxygen atoms in total. The van der Waals surface area contributed by atoms with Crippen LogP contribution in [-0.2, 0) is 12.8 Å². The highest BCUT2D eigenvalue weighted by Crippen LogP contribution is 2.44. The molecule has 0 bridgehead atoms. The predicted octanol–water partition coefficient (Wildman–Crippen LogP) is 6.61. The summed E-state index contributed by atoms with van der Waals surface area (Å²) < 4.78 is 2.01. The van der Waals surface area contributed by atoms with Crippen molar-refractivity contribution in [2.24, 2.45) is 5.41 Å². The molecule has 1 aromatic carbocycles. The van der Waals surface area contributed by atoms with E-state index in [0.29, 0.717) is 0 Å². The molecule has 4 rings (SSSR count). The van der Waals surface area contributed by atoms with E-state index >= 15 is 0 Å². The van der Waals surface area contributed by atoms with Gasteiger partial charge in [-0.25, -0.2) is 9.78 Å². The number of aromatic carboxylic acids is 1. The van der Waals surface area contributed by atoms with E-state index in [2.05, 4.69) is 70.7 Å². The average Bonchev–Trinajstić information content (AvgIpc) is 2.86. The maximum absolute atomic E-state index is 12.7. The van der Waals surface area contributed by atoms with Crippen LogP contribution in [0.3, 0.4) is 0 Å². The van der Waals surface area contributed by atoms with Crippen molar-refractivity contribution in [3.8, 4) is 22.4 Å². The van der Waals surface area contributed by atoms with Crippen molar-refractivity contribution < 1.29 is 9.90 Å². The smallest absolute Gasteiger partial charge is 0.341 e. The number of carboxylic acid groups (broad SMARTS) is 1. The molecule has 0 amide bonds. The van der Waals surface area contributed by atoms with Gasteiger partial charge in [0.1, 0.15) is 11.4 Å². The van der Waals surface area contributed by atoms with Crippen LogP contribution < -0.4 is 10.3 Å². The first-order valence-corrected chi connectivity index (χ1v) is 13.5. The van der Waals surface area contributed by atoms with Gasteiger partial charge >= 0.3 is 5.97 Å². The highest BCUT2D eigenvalue weighted by atomic mass is 16.4. The Morgan fingerprint density at radius 3 is 2.32 bits per heavy atom. The third kappa shape index (κ3) is 5.20. The maximum Gasteiger partial charge on any atom is 0.341 e. The van der Waals surface area contributed by atoms with Crippen molar-refractivity contribution in [2.75, 3.05) is 18.0 Å². The molecule has 6 heteroatoms. The Balaban J connectivity index is 1.84. The Kier molecular flexibility index (Phi) is 7.58. The van der Waals surface area contributed by atoms with E-state index in [1.165, 1.54) is 22.8 Å². The number of pyridine rings is 2. The second-order valence-corrected chi connectivity index (χ2v) is 11.1. The van der Waals surface area contributed by atoms with Gasteiger partial charge in [0.05, 0.1) is 5.69 Å².